The monoisotopic (exact) mass is 434 g/mol. The first-order valence-electron chi connectivity index (χ1n) is 10.2. The lowest BCUT2D eigenvalue weighted by molar-refractivity contribution is 0.102. The van der Waals surface area contributed by atoms with Crippen molar-refractivity contribution in [1.29, 1.82) is 0 Å². The Morgan fingerprint density at radius 1 is 1.13 bits per heavy atom. The first kappa shape index (κ1) is 22.2. The van der Waals surface area contributed by atoms with Gasteiger partial charge in [0, 0.05) is 17.3 Å². The number of benzene rings is 2. The van der Waals surface area contributed by atoms with Crippen LogP contribution in [0.25, 0.3) is 0 Å². The summed E-state index contributed by atoms with van der Waals surface area (Å²) in [4.78, 5) is 12.1. The first-order valence-corrected chi connectivity index (χ1v) is 11.6. The molecule has 1 amide bonds. The van der Waals surface area contributed by atoms with Gasteiger partial charge in [-0.05, 0) is 68.1 Å². The molecule has 0 spiro atoms. The number of carbonyl (C=O) groups is 1. The van der Waals surface area contributed by atoms with Gasteiger partial charge in [-0.1, -0.05) is 19.8 Å². The second kappa shape index (κ2) is 9.57. The van der Waals surface area contributed by atoms with Crippen molar-refractivity contribution in [3.05, 3.63) is 53.8 Å². The van der Waals surface area contributed by atoms with Gasteiger partial charge >= 0.3 is 0 Å². The third-order valence-corrected chi connectivity index (χ3v) is 6.83. The molecule has 0 heterocycles. The number of halogens is 1. The molecular weight excluding hydrogens is 407 g/mol. The van der Waals surface area contributed by atoms with E-state index >= 15 is 0 Å². The molecule has 2 aromatic carbocycles. The third-order valence-electron chi connectivity index (χ3n) is 5.32. The maximum absolute atomic E-state index is 14.4. The number of nitrogens with one attached hydrogen (secondary N) is 2. The highest BCUT2D eigenvalue weighted by Crippen LogP contribution is 2.26. The van der Waals surface area contributed by atoms with Gasteiger partial charge in [0.25, 0.3) is 5.91 Å². The maximum Gasteiger partial charge on any atom is 0.255 e. The second-order valence-corrected chi connectivity index (χ2v) is 9.23. The van der Waals surface area contributed by atoms with Crippen LogP contribution in [0, 0.1) is 11.7 Å². The fourth-order valence-corrected chi connectivity index (χ4v) is 5.09. The topological polar surface area (TPSA) is 84.5 Å². The Kier molecular flexibility index (Phi) is 7.10. The van der Waals surface area contributed by atoms with Gasteiger partial charge in [0.05, 0.1) is 6.61 Å². The quantitative estimate of drug-likeness (QED) is 0.679. The van der Waals surface area contributed by atoms with E-state index < -0.39 is 26.6 Å². The van der Waals surface area contributed by atoms with Gasteiger partial charge in [-0.3, -0.25) is 4.79 Å². The average Bonchev–Trinajstić information content (AvgIpc) is 2.71. The lowest BCUT2D eigenvalue weighted by atomic mass is 9.87. The molecule has 0 bridgehead atoms. The van der Waals surface area contributed by atoms with Crippen LogP contribution in [-0.4, -0.2) is 27.0 Å². The largest absolute Gasteiger partial charge is 0.494 e. The standard InChI is InChI=1S/C22H27FN2O4S/c1-3-29-18-11-9-17(10-12-18)24-22(26)16-8-13-19(23)21(14-16)30(27,28)25-20-7-5-4-6-15(20)2/h8-15,20,25H,3-7H2,1-2H3,(H,24,26)/t15-,20+/m1/s1. The van der Waals surface area contributed by atoms with Crippen LogP contribution in [-0.2, 0) is 10.0 Å². The van der Waals surface area contributed by atoms with Crippen LogP contribution in [0.15, 0.2) is 47.4 Å². The molecule has 3 rings (SSSR count). The molecule has 162 valence electrons. The molecule has 2 atom stereocenters. The van der Waals surface area contributed by atoms with E-state index in [0.29, 0.717) is 18.0 Å². The molecule has 1 aliphatic rings. The molecule has 1 saturated carbocycles. The maximum atomic E-state index is 14.4. The summed E-state index contributed by atoms with van der Waals surface area (Å²) >= 11 is 0. The highest BCUT2D eigenvalue weighted by molar-refractivity contribution is 7.89. The molecule has 2 N–H and O–H groups in total. The molecule has 0 aliphatic heterocycles. The Balaban J connectivity index is 1.77. The van der Waals surface area contributed by atoms with E-state index in [1.165, 1.54) is 6.07 Å². The number of rotatable bonds is 7. The normalized spacial score (nSPS) is 19.3. The smallest absolute Gasteiger partial charge is 0.255 e. The van der Waals surface area contributed by atoms with Crippen molar-refractivity contribution < 1.29 is 22.3 Å². The van der Waals surface area contributed by atoms with Crippen molar-refractivity contribution in [2.45, 2.75) is 50.5 Å². The molecule has 0 saturated heterocycles. The summed E-state index contributed by atoms with van der Waals surface area (Å²) < 4.78 is 47.9. The summed E-state index contributed by atoms with van der Waals surface area (Å²) in [7, 11) is -4.09. The van der Waals surface area contributed by atoms with E-state index in [1.54, 1.807) is 24.3 Å². The lowest BCUT2D eigenvalue weighted by Crippen LogP contribution is -2.41. The minimum absolute atomic E-state index is 0.0577. The van der Waals surface area contributed by atoms with E-state index in [-0.39, 0.29) is 17.5 Å². The Bertz CT molecular complexity index is 993. The average molecular weight is 435 g/mol. The summed E-state index contributed by atoms with van der Waals surface area (Å²) in [6, 6.07) is 9.91. The Labute approximate surface area is 176 Å². The highest BCUT2D eigenvalue weighted by atomic mass is 32.2. The molecule has 6 nitrogen and oxygen atoms in total. The summed E-state index contributed by atoms with van der Waals surface area (Å²) in [6.07, 6.45) is 3.65. The van der Waals surface area contributed by atoms with Crippen molar-refractivity contribution in [3.8, 4) is 5.75 Å². The molecule has 2 aromatic rings. The van der Waals surface area contributed by atoms with Crippen LogP contribution in [0.3, 0.4) is 0 Å². The zero-order chi connectivity index (χ0) is 21.7. The van der Waals surface area contributed by atoms with Crippen LogP contribution in [0.5, 0.6) is 5.75 Å². The molecule has 8 heteroatoms. The van der Waals surface area contributed by atoms with Crippen molar-refractivity contribution in [2.24, 2.45) is 5.92 Å². The van der Waals surface area contributed by atoms with Crippen LogP contribution in [0.4, 0.5) is 10.1 Å². The van der Waals surface area contributed by atoms with Gasteiger partial charge in [0.1, 0.15) is 16.5 Å². The zero-order valence-electron chi connectivity index (χ0n) is 17.2. The number of hydrogen-bond donors (Lipinski definition) is 2. The Hall–Kier alpha value is -2.45. The number of carbonyl (C=O) groups excluding carboxylic acids is 1. The molecule has 0 radical (unpaired) electrons. The molecule has 0 unspecified atom stereocenters. The predicted octanol–water partition coefficient (Wildman–Crippen LogP) is 4.33. The number of sulfonamides is 1. The van der Waals surface area contributed by atoms with Gasteiger partial charge < -0.3 is 10.1 Å². The van der Waals surface area contributed by atoms with E-state index in [4.69, 9.17) is 4.74 Å². The first-order chi connectivity index (χ1) is 14.3. The highest BCUT2D eigenvalue weighted by Gasteiger charge is 2.29. The third kappa shape index (κ3) is 5.37. The molecule has 1 aliphatic carbocycles. The minimum atomic E-state index is -4.09. The summed E-state index contributed by atoms with van der Waals surface area (Å²) in [6.45, 7) is 4.40. The van der Waals surface area contributed by atoms with Crippen molar-refractivity contribution in [3.63, 3.8) is 0 Å². The molecule has 0 aromatic heterocycles. The fourth-order valence-electron chi connectivity index (χ4n) is 3.61. The van der Waals surface area contributed by atoms with Gasteiger partial charge in [0.2, 0.25) is 10.0 Å². The fraction of sp³-hybridized carbons (Fsp3) is 0.409. The molecular formula is C22H27FN2O4S. The van der Waals surface area contributed by atoms with Crippen LogP contribution in [0.1, 0.15) is 49.9 Å². The number of ether oxygens (including phenoxy) is 1. The van der Waals surface area contributed by atoms with Crippen molar-refractivity contribution in [2.75, 3.05) is 11.9 Å². The molecule has 30 heavy (non-hydrogen) atoms. The Morgan fingerprint density at radius 3 is 2.50 bits per heavy atom. The van der Waals surface area contributed by atoms with Gasteiger partial charge in [-0.2, -0.15) is 0 Å². The lowest BCUT2D eigenvalue weighted by Gasteiger charge is -2.29. The van der Waals surface area contributed by atoms with Gasteiger partial charge in [-0.15, -0.1) is 0 Å². The minimum Gasteiger partial charge on any atom is -0.494 e. The SMILES string of the molecule is CCOc1ccc(NC(=O)c2ccc(F)c(S(=O)(=O)N[C@H]3CCCC[C@H]3C)c2)cc1. The van der Waals surface area contributed by atoms with E-state index in [9.17, 15) is 17.6 Å². The van der Waals surface area contributed by atoms with Crippen LogP contribution >= 0.6 is 0 Å². The summed E-state index contributed by atoms with van der Waals surface area (Å²) in [5.74, 6) is -0.554. The number of hydrogen-bond acceptors (Lipinski definition) is 4. The van der Waals surface area contributed by atoms with Crippen molar-refractivity contribution in [1.82, 2.24) is 4.72 Å². The van der Waals surface area contributed by atoms with Crippen LogP contribution < -0.4 is 14.8 Å². The Morgan fingerprint density at radius 2 is 1.83 bits per heavy atom. The van der Waals surface area contributed by atoms with Crippen LogP contribution in [0.2, 0.25) is 0 Å². The van der Waals surface area contributed by atoms with Crippen molar-refractivity contribution >= 4 is 21.6 Å². The summed E-state index contributed by atoms with van der Waals surface area (Å²) in [5.41, 5.74) is 0.577. The van der Waals surface area contributed by atoms with Gasteiger partial charge in [-0.25, -0.2) is 17.5 Å². The van der Waals surface area contributed by atoms with Gasteiger partial charge in [0.15, 0.2) is 0 Å². The number of anilines is 1. The summed E-state index contributed by atoms with van der Waals surface area (Å²) in [5, 5.41) is 2.68. The second-order valence-electron chi connectivity index (χ2n) is 7.55. The zero-order valence-corrected chi connectivity index (χ0v) is 18.0. The van der Waals surface area contributed by atoms with E-state index in [2.05, 4.69) is 10.0 Å². The molecule has 1 fully saturated rings. The van der Waals surface area contributed by atoms with E-state index in [0.717, 1.165) is 37.8 Å². The van der Waals surface area contributed by atoms with E-state index in [1.807, 2.05) is 13.8 Å². The number of amides is 1. The predicted molar refractivity (Wildman–Crippen MR) is 114 cm³/mol.